The van der Waals surface area contributed by atoms with Crippen molar-refractivity contribution in [3.05, 3.63) is 57.3 Å². The summed E-state index contributed by atoms with van der Waals surface area (Å²) in [5, 5.41) is 0. The zero-order valence-electron chi connectivity index (χ0n) is 14.2. The zero-order valence-corrected chi connectivity index (χ0v) is 15.1. The van der Waals surface area contributed by atoms with Gasteiger partial charge in [-0.05, 0) is 44.4 Å². The highest BCUT2D eigenvalue weighted by atomic mass is 32.1. The maximum atomic E-state index is 12.6. The predicted molar refractivity (Wildman–Crippen MR) is 97.4 cm³/mol. The van der Waals surface area contributed by atoms with Crippen LogP contribution in [0.2, 0.25) is 0 Å². The zero-order chi connectivity index (χ0) is 17.1. The van der Waals surface area contributed by atoms with Gasteiger partial charge in [-0.2, -0.15) is 0 Å². The fraction of sp³-hybridized carbons (Fsp3) is 0.400. The summed E-state index contributed by atoms with van der Waals surface area (Å²) >= 11 is 1.50. The van der Waals surface area contributed by atoms with Crippen LogP contribution < -0.4 is 0 Å². The maximum absolute atomic E-state index is 12.6. The first-order valence-electron chi connectivity index (χ1n) is 8.47. The summed E-state index contributed by atoms with van der Waals surface area (Å²) in [4.78, 5) is 28.7. The van der Waals surface area contributed by atoms with Crippen LogP contribution in [0.15, 0.2) is 36.4 Å². The Morgan fingerprint density at radius 1 is 1.12 bits per heavy atom. The van der Waals surface area contributed by atoms with Gasteiger partial charge in [0.15, 0.2) is 5.78 Å². The number of hydrogen-bond acceptors (Lipinski definition) is 3. The van der Waals surface area contributed by atoms with E-state index in [2.05, 4.69) is 25.1 Å². The SMILES string of the molecule is Cc1cccc(CN(C(=O)CCC(=O)c2ccc(C)s2)C2CC2)c1. The summed E-state index contributed by atoms with van der Waals surface area (Å²) in [6, 6.07) is 12.5. The topological polar surface area (TPSA) is 37.4 Å². The van der Waals surface area contributed by atoms with Gasteiger partial charge in [-0.25, -0.2) is 0 Å². The Balaban J connectivity index is 1.59. The summed E-state index contributed by atoms with van der Waals surface area (Å²) in [7, 11) is 0. The molecule has 0 atom stereocenters. The smallest absolute Gasteiger partial charge is 0.223 e. The molecule has 0 unspecified atom stereocenters. The van der Waals surface area contributed by atoms with E-state index in [0.717, 1.165) is 28.2 Å². The normalized spacial score (nSPS) is 13.8. The van der Waals surface area contributed by atoms with Crippen molar-refractivity contribution in [2.75, 3.05) is 0 Å². The van der Waals surface area contributed by atoms with Crippen molar-refractivity contribution in [2.45, 2.75) is 52.1 Å². The van der Waals surface area contributed by atoms with E-state index in [4.69, 9.17) is 0 Å². The lowest BCUT2D eigenvalue weighted by Gasteiger charge is -2.22. The van der Waals surface area contributed by atoms with Gasteiger partial charge in [0.25, 0.3) is 0 Å². The molecule has 1 heterocycles. The molecule has 1 aliphatic carbocycles. The highest BCUT2D eigenvalue weighted by molar-refractivity contribution is 7.14. The van der Waals surface area contributed by atoms with Gasteiger partial charge in [0, 0.05) is 30.3 Å². The minimum atomic E-state index is 0.0766. The monoisotopic (exact) mass is 341 g/mol. The third-order valence-electron chi connectivity index (χ3n) is 4.32. The molecule has 0 N–H and O–H groups in total. The molecule has 2 aromatic rings. The van der Waals surface area contributed by atoms with Crippen molar-refractivity contribution in [1.82, 2.24) is 4.90 Å². The molecule has 0 spiro atoms. The van der Waals surface area contributed by atoms with Crippen molar-refractivity contribution in [1.29, 1.82) is 0 Å². The Morgan fingerprint density at radius 3 is 2.54 bits per heavy atom. The van der Waals surface area contributed by atoms with Crippen LogP contribution >= 0.6 is 11.3 Å². The molecule has 126 valence electrons. The summed E-state index contributed by atoms with van der Waals surface area (Å²) in [5.41, 5.74) is 2.37. The first-order chi connectivity index (χ1) is 11.5. The molecule has 0 bridgehead atoms. The molecular formula is C20H23NO2S. The average molecular weight is 341 g/mol. The van der Waals surface area contributed by atoms with E-state index in [0.29, 0.717) is 25.4 Å². The van der Waals surface area contributed by atoms with Crippen LogP contribution in [0.5, 0.6) is 0 Å². The molecule has 4 heteroatoms. The number of amides is 1. The van der Waals surface area contributed by atoms with Crippen LogP contribution in [-0.2, 0) is 11.3 Å². The number of benzene rings is 1. The molecule has 0 radical (unpaired) electrons. The molecule has 3 nitrogen and oxygen atoms in total. The molecule has 1 amide bonds. The van der Waals surface area contributed by atoms with Crippen LogP contribution in [0.1, 0.15) is 51.4 Å². The molecule has 1 saturated carbocycles. The van der Waals surface area contributed by atoms with E-state index in [1.54, 1.807) is 0 Å². The summed E-state index contributed by atoms with van der Waals surface area (Å²) in [6.07, 6.45) is 2.76. The van der Waals surface area contributed by atoms with E-state index < -0.39 is 0 Å². The molecule has 1 fully saturated rings. The number of rotatable bonds is 7. The van der Waals surface area contributed by atoms with Crippen LogP contribution in [0.25, 0.3) is 0 Å². The quantitative estimate of drug-likeness (QED) is 0.694. The summed E-state index contributed by atoms with van der Waals surface area (Å²) in [5.74, 6) is 0.174. The fourth-order valence-corrected chi connectivity index (χ4v) is 3.72. The highest BCUT2D eigenvalue weighted by Crippen LogP contribution is 2.29. The van der Waals surface area contributed by atoms with Crippen LogP contribution in [-0.4, -0.2) is 22.6 Å². The molecule has 0 aliphatic heterocycles. The molecule has 1 aliphatic rings. The van der Waals surface area contributed by atoms with Gasteiger partial charge in [0.05, 0.1) is 4.88 Å². The van der Waals surface area contributed by atoms with Crippen LogP contribution in [0, 0.1) is 13.8 Å². The van der Waals surface area contributed by atoms with E-state index >= 15 is 0 Å². The lowest BCUT2D eigenvalue weighted by atomic mass is 10.1. The predicted octanol–water partition coefficient (Wildman–Crippen LogP) is 4.52. The van der Waals surface area contributed by atoms with E-state index in [1.807, 2.05) is 30.0 Å². The molecule has 3 rings (SSSR count). The number of aryl methyl sites for hydroxylation is 2. The van der Waals surface area contributed by atoms with Crippen molar-refractivity contribution < 1.29 is 9.59 Å². The van der Waals surface area contributed by atoms with Gasteiger partial charge in [-0.3, -0.25) is 9.59 Å². The van der Waals surface area contributed by atoms with E-state index in [-0.39, 0.29) is 11.7 Å². The number of ketones is 1. The van der Waals surface area contributed by atoms with Crippen molar-refractivity contribution in [3.63, 3.8) is 0 Å². The number of nitrogens with zero attached hydrogens (tertiary/aromatic N) is 1. The second kappa shape index (κ2) is 7.31. The van der Waals surface area contributed by atoms with Gasteiger partial charge < -0.3 is 4.90 Å². The summed E-state index contributed by atoms with van der Waals surface area (Å²) < 4.78 is 0. The molecule has 1 aromatic carbocycles. The second-order valence-electron chi connectivity index (χ2n) is 6.58. The largest absolute Gasteiger partial charge is 0.335 e. The molecule has 1 aromatic heterocycles. The molecular weight excluding hydrogens is 318 g/mol. The highest BCUT2D eigenvalue weighted by Gasteiger charge is 2.32. The first kappa shape index (κ1) is 16.9. The van der Waals surface area contributed by atoms with Crippen molar-refractivity contribution >= 4 is 23.0 Å². The van der Waals surface area contributed by atoms with Crippen molar-refractivity contribution in [3.8, 4) is 0 Å². The minimum Gasteiger partial charge on any atom is -0.335 e. The molecule has 24 heavy (non-hydrogen) atoms. The van der Waals surface area contributed by atoms with Gasteiger partial charge in [-0.1, -0.05) is 29.8 Å². The van der Waals surface area contributed by atoms with Crippen molar-refractivity contribution in [2.24, 2.45) is 0 Å². The van der Waals surface area contributed by atoms with Gasteiger partial charge in [0.2, 0.25) is 5.91 Å². The van der Waals surface area contributed by atoms with Gasteiger partial charge in [-0.15, -0.1) is 11.3 Å². The van der Waals surface area contributed by atoms with Crippen LogP contribution in [0.3, 0.4) is 0 Å². The standard InChI is InChI=1S/C20H23NO2S/c1-14-4-3-5-16(12-14)13-21(17-7-8-17)20(23)11-9-18(22)19-10-6-15(2)24-19/h3-6,10,12,17H,7-9,11,13H2,1-2H3. The number of hydrogen-bond donors (Lipinski definition) is 0. The summed E-state index contributed by atoms with van der Waals surface area (Å²) in [6.45, 7) is 4.70. The van der Waals surface area contributed by atoms with Gasteiger partial charge >= 0.3 is 0 Å². The maximum Gasteiger partial charge on any atom is 0.223 e. The Bertz CT molecular complexity index is 746. The van der Waals surface area contributed by atoms with Gasteiger partial charge in [0.1, 0.15) is 0 Å². The first-order valence-corrected chi connectivity index (χ1v) is 9.29. The number of Topliss-reactive ketones (excluding diaryl/α,β-unsaturated/α-hetero) is 1. The second-order valence-corrected chi connectivity index (χ2v) is 7.86. The third kappa shape index (κ3) is 4.32. The van der Waals surface area contributed by atoms with Crippen LogP contribution in [0.4, 0.5) is 0 Å². The number of carbonyl (C=O) groups excluding carboxylic acids is 2. The lowest BCUT2D eigenvalue weighted by molar-refractivity contribution is -0.132. The lowest BCUT2D eigenvalue weighted by Crippen LogP contribution is -2.32. The Kier molecular flexibility index (Phi) is 5.14. The Hall–Kier alpha value is -1.94. The average Bonchev–Trinajstić information content (AvgIpc) is 3.30. The van der Waals surface area contributed by atoms with E-state index in [9.17, 15) is 9.59 Å². The molecule has 0 saturated heterocycles. The van der Waals surface area contributed by atoms with E-state index in [1.165, 1.54) is 16.9 Å². The number of thiophene rings is 1. The Morgan fingerprint density at radius 2 is 1.92 bits per heavy atom. The fourth-order valence-electron chi connectivity index (χ4n) is 2.89. The Labute approximate surface area is 147 Å². The minimum absolute atomic E-state index is 0.0766. The third-order valence-corrected chi connectivity index (χ3v) is 5.37. The number of carbonyl (C=O) groups is 2.